The third kappa shape index (κ3) is 3.20. The molecule has 1 aliphatic heterocycles. The molecule has 6 heteroatoms. The molecule has 1 aliphatic rings. The van der Waals surface area contributed by atoms with Crippen LogP contribution in [-0.4, -0.2) is 26.9 Å². The zero-order chi connectivity index (χ0) is 20.8. The van der Waals surface area contributed by atoms with E-state index in [9.17, 15) is 4.79 Å². The van der Waals surface area contributed by atoms with Gasteiger partial charge < -0.3 is 23.4 Å². The topological polar surface area (TPSA) is 67.1 Å². The van der Waals surface area contributed by atoms with Crippen molar-refractivity contribution in [3.63, 3.8) is 0 Å². The highest BCUT2D eigenvalue weighted by atomic mass is 16.5. The molecule has 2 heterocycles. The van der Waals surface area contributed by atoms with E-state index in [4.69, 9.17) is 23.4 Å². The molecule has 0 spiro atoms. The number of methoxy groups -OCH3 is 3. The van der Waals surface area contributed by atoms with Crippen LogP contribution in [0.15, 0.2) is 45.6 Å². The predicted molar refractivity (Wildman–Crippen MR) is 111 cm³/mol. The van der Waals surface area contributed by atoms with E-state index in [0.717, 1.165) is 5.56 Å². The van der Waals surface area contributed by atoms with Crippen molar-refractivity contribution in [1.82, 2.24) is 0 Å². The number of hydrogen-bond donors (Lipinski definition) is 0. The Kier molecular flexibility index (Phi) is 4.49. The minimum atomic E-state index is -0.469. The van der Waals surface area contributed by atoms with E-state index in [2.05, 4.69) is 0 Å². The van der Waals surface area contributed by atoms with E-state index >= 15 is 0 Å². The molecular weight excluding hydrogens is 372 g/mol. The van der Waals surface area contributed by atoms with Crippen LogP contribution in [0.4, 0.5) is 0 Å². The lowest BCUT2D eigenvalue weighted by atomic mass is 9.99. The van der Waals surface area contributed by atoms with Gasteiger partial charge in [0.15, 0.2) is 5.43 Å². The zero-order valence-corrected chi connectivity index (χ0v) is 17.0. The van der Waals surface area contributed by atoms with Crippen molar-refractivity contribution in [2.24, 2.45) is 0 Å². The van der Waals surface area contributed by atoms with Gasteiger partial charge >= 0.3 is 0 Å². The molecule has 0 atom stereocenters. The lowest BCUT2D eigenvalue weighted by Crippen LogP contribution is -2.27. The molecule has 0 saturated heterocycles. The molecule has 1 aromatic heterocycles. The first kappa shape index (κ1) is 18.9. The maximum absolute atomic E-state index is 13.0. The Morgan fingerprint density at radius 3 is 2.45 bits per heavy atom. The minimum Gasteiger partial charge on any atom is -0.497 e. The van der Waals surface area contributed by atoms with Gasteiger partial charge in [-0.1, -0.05) is 0 Å². The van der Waals surface area contributed by atoms with Crippen LogP contribution in [0.25, 0.3) is 28.4 Å². The lowest BCUT2D eigenvalue weighted by molar-refractivity contribution is 0.158. The number of benzene rings is 2. The molecule has 0 radical (unpaired) electrons. The van der Waals surface area contributed by atoms with Crippen molar-refractivity contribution in [3.05, 3.63) is 52.2 Å². The zero-order valence-electron chi connectivity index (χ0n) is 17.0. The summed E-state index contributed by atoms with van der Waals surface area (Å²) in [6.45, 7) is 3.91. The summed E-state index contributed by atoms with van der Waals surface area (Å²) in [7, 11) is 4.66. The fraction of sp³-hybridized carbons (Fsp3) is 0.261. The minimum absolute atomic E-state index is 0.211. The van der Waals surface area contributed by atoms with Crippen molar-refractivity contribution in [2.45, 2.75) is 19.4 Å². The van der Waals surface area contributed by atoms with E-state index in [0.29, 0.717) is 45.3 Å². The standard InChI is InChI=1S/C23H22O6/c1-23(2)9-8-15-19(29-23)12-20-21(22(15)27-5)16(24)11-18(28-20)14-7-6-13(25-3)10-17(14)26-4/h6-12H,1-5H3. The van der Waals surface area contributed by atoms with E-state index in [1.807, 2.05) is 26.0 Å². The van der Waals surface area contributed by atoms with Gasteiger partial charge in [0, 0.05) is 18.2 Å². The van der Waals surface area contributed by atoms with Gasteiger partial charge in [-0.2, -0.15) is 0 Å². The normalized spacial score (nSPS) is 14.2. The molecule has 0 aliphatic carbocycles. The van der Waals surface area contributed by atoms with Crippen LogP contribution in [0.1, 0.15) is 19.4 Å². The van der Waals surface area contributed by atoms with E-state index < -0.39 is 5.60 Å². The summed E-state index contributed by atoms with van der Waals surface area (Å²) in [6.07, 6.45) is 3.85. The Morgan fingerprint density at radius 1 is 0.966 bits per heavy atom. The smallest absolute Gasteiger partial charge is 0.197 e. The first-order valence-electron chi connectivity index (χ1n) is 9.16. The Morgan fingerprint density at radius 2 is 1.76 bits per heavy atom. The molecule has 0 saturated carbocycles. The molecule has 0 N–H and O–H groups in total. The Hall–Kier alpha value is -3.41. The Balaban J connectivity index is 1.97. The fourth-order valence-corrected chi connectivity index (χ4v) is 3.47. The molecule has 0 unspecified atom stereocenters. The van der Waals surface area contributed by atoms with Crippen LogP contribution in [0.5, 0.6) is 23.0 Å². The summed E-state index contributed by atoms with van der Waals surface area (Å²) in [5.74, 6) is 2.61. The molecule has 0 fully saturated rings. The number of rotatable bonds is 4. The summed E-state index contributed by atoms with van der Waals surface area (Å²) in [5, 5.41) is 0.371. The van der Waals surface area contributed by atoms with Gasteiger partial charge in [-0.25, -0.2) is 0 Å². The maximum atomic E-state index is 13.0. The second kappa shape index (κ2) is 6.88. The van der Waals surface area contributed by atoms with Gasteiger partial charge in [0.25, 0.3) is 0 Å². The molecule has 0 amide bonds. The first-order valence-corrected chi connectivity index (χ1v) is 9.16. The second-order valence-electron chi connectivity index (χ2n) is 7.27. The monoisotopic (exact) mass is 394 g/mol. The average Bonchev–Trinajstić information content (AvgIpc) is 2.70. The van der Waals surface area contributed by atoms with Crippen molar-refractivity contribution < 1.29 is 23.4 Å². The second-order valence-corrected chi connectivity index (χ2v) is 7.27. The van der Waals surface area contributed by atoms with E-state index in [-0.39, 0.29) is 5.43 Å². The van der Waals surface area contributed by atoms with Gasteiger partial charge in [-0.05, 0) is 38.1 Å². The van der Waals surface area contributed by atoms with Crippen molar-refractivity contribution in [3.8, 4) is 34.3 Å². The highest BCUT2D eigenvalue weighted by Gasteiger charge is 2.27. The molecule has 2 aromatic carbocycles. The molecule has 4 rings (SSSR count). The summed E-state index contributed by atoms with van der Waals surface area (Å²) >= 11 is 0. The lowest BCUT2D eigenvalue weighted by Gasteiger charge is -2.28. The van der Waals surface area contributed by atoms with Crippen molar-refractivity contribution in [1.29, 1.82) is 0 Å². The average molecular weight is 394 g/mol. The summed E-state index contributed by atoms with van der Waals surface area (Å²) in [5.41, 5.74) is 1.07. The summed E-state index contributed by atoms with van der Waals surface area (Å²) in [4.78, 5) is 13.0. The Labute approximate surface area is 168 Å². The van der Waals surface area contributed by atoms with Crippen LogP contribution in [0.2, 0.25) is 0 Å². The molecular formula is C23H22O6. The van der Waals surface area contributed by atoms with Gasteiger partial charge in [0.2, 0.25) is 0 Å². The first-order chi connectivity index (χ1) is 13.9. The highest BCUT2D eigenvalue weighted by Crippen LogP contribution is 2.42. The van der Waals surface area contributed by atoms with Crippen LogP contribution < -0.4 is 24.4 Å². The van der Waals surface area contributed by atoms with Gasteiger partial charge in [0.05, 0.1) is 32.5 Å². The van der Waals surface area contributed by atoms with Gasteiger partial charge in [-0.15, -0.1) is 0 Å². The summed E-state index contributed by atoms with van der Waals surface area (Å²) in [6, 6.07) is 8.49. The molecule has 150 valence electrons. The molecule has 6 nitrogen and oxygen atoms in total. The van der Waals surface area contributed by atoms with E-state index in [1.165, 1.54) is 13.2 Å². The number of hydrogen-bond acceptors (Lipinski definition) is 6. The SMILES string of the molecule is COc1ccc(-c2cc(=O)c3c(OC)c4c(cc3o2)OC(C)(C)C=C4)c(OC)c1. The Bertz CT molecular complexity index is 1190. The van der Waals surface area contributed by atoms with Gasteiger partial charge in [0.1, 0.15) is 45.3 Å². The fourth-order valence-electron chi connectivity index (χ4n) is 3.47. The largest absolute Gasteiger partial charge is 0.497 e. The van der Waals surface area contributed by atoms with Crippen LogP contribution in [0.3, 0.4) is 0 Å². The van der Waals surface area contributed by atoms with Crippen LogP contribution >= 0.6 is 0 Å². The molecule has 29 heavy (non-hydrogen) atoms. The predicted octanol–water partition coefficient (Wildman–Crippen LogP) is 4.67. The maximum Gasteiger partial charge on any atom is 0.197 e. The van der Waals surface area contributed by atoms with Crippen molar-refractivity contribution in [2.75, 3.05) is 21.3 Å². The third-order valence-electron chi connectivity index (χ3n) is 4.88. The number of ether oxygens (including phenoxy) is 4. The number of fused-ring (bicyclic) bond motifs is 2. The van der Waals surface area contributed by atoms with Gasteiger partial charge in [-0.3, -0.25) is 4.79 Å². The summed E-state index contributed by atoms with van der Waals surface area (Å²) < 4.78 is 28.4. The van der Waals surface area contributed by atoms with Crippen molar-refractivity contribution >= 4 is 17.0 Å². The van der Waals surface area contributed by atoms with Crippen LogP contribution in [-0.2, 0) is 0 Å². The quantitative estimate of drug-likeness (QED) is 0.641. The highest BCUT2D eigenvalue weighted by molar-refractivity contribution is 5.92. The van der Waals surface area contributed by atoms with E-state index in [1.54, 1.807) is 38.5 Å². The molecule has 0 bridgehead atoms. The third-order valence-corrected chi connectivity index (χ3v) is 4.88. The van der Waals surface area contributed by atoms with Crippen LogP contribution in [0, 0.1) is 0 Å². The molecule has 3 aromatic rings.